The maximum atomic E-state index is 11.7. The minimum Gasteiger partial charge on any atom is -0.482 e. The summed E-state index contributed by atoms with van der Waals surface area (Å²) in [5.41, 5.74) is 0.441. The van der Waals surface area contributed by atoms with Crippen molar-refractivity contribution in [1.82, 2.24) is 0 Å². The van der Waals surface area contributed by atoms with E-state index in [-0.39, 0.29) is 12.5 Å². The maximum absolute atomic E-state index is 11.7. The van der Waals surface area contributed by atoms with Crippen LogP contribution >= 0.6 is 22.9 Å². The van der Waals surface area contributed by atoms with Gasteiger partial charge in [0, 0.05) is 0 Å². The molecule has 96 valence electrons. The number of carbonyl (C=O) groups is 1. The van der Waals surface area contributed by atoms with Crippen LogP contribution < -0.4 is 10.1 Å². The molecule has 0 radical (unpaired) electrons. The number of hydrogen-bond donors (Lipinski definition) is 1. The third kappa shape index (κ3) is 3.47. The summed E-state index contributed by atoms with van der Waals surface area (Å²) >= 11 is 7.19. The normalized spacial score (nSPS) is 9.68. The Hall–Kier alpha value is -2.03. The number of nitriles is 1. The van der Waals surface area contributed by atoms with Crippen molar-refractivity contribution < 1.29 is 9.53 Å². The van der Waals surface area contributed by atoms with Crippen LogP contribution in [-0.2, 0) is 4.79 Å². The van der Waals surface area contributed by atoms with Crippen molar-refractivity contribution in [1.29, 1.82) is 5.26 Å². The van der Waals surface area contributed by atoms with Crippen molar-refractivity contribution in [2.75, 3.05) is 11.9 Å². The van der Waals surface area contributed by atoms with Crippen LogP contribution in [0.1, 0.15) is 5.56 Å². The topological polar surface area (TPSA) is 62.1 Å². The second-order valence-electron chi connectivity index (χ2n) is 3.54. The lowest BCUT2D eigenvalue weighted by atomic mass is 10.3. The van der Waals surface area contributed by atoms with Crippen LogP contribution in [0.5, 0.6) is 5.75 Å². The van der Waals surface area contributed by atoms with E-state index in [1.54, 1.807) is 35.7 Å². The summed E-state index contributed by atoms with van der Waals surface area (Å²) in [6.07, 6.45) is 0. The van der Waals surface area contributed by atoms with Crippen LogP contribution in [0.15, 0.2) is 35.7 Å². The van der Waals surface area contributed by atoms with Gasteiger partial charge >= 0.3 is 0 Å². The largest absolute Gasteiger partial charge is 0.482 e. The molecule has 0 saturated carbocycles. The predicted molar refractivity (Wildman–Crippen MR) is 74.6 cm³/mol. The van der Waals surface area contributed by atoms with Crippen LogP contribution in [-0.4, -0.2) is 12.5 Å². The fourth-order valence-electron chi connectivity index (χ4n) is 1.36. The molecule has 2 aromatic rings. The number of hydrogen-bond acceptors (Lipinski definition) is 4. The molecule has 0 atom stereocenters. The Morgan fingerprint density at radius 2 is 2.21 bits per heavy atom. The first kappa shape index (κ1) is 13.4. The van der Waals surface area contributed by atoms with Gasteiger partial charge in [0.05, 0.1) is 10.6 Å². The number of carbonyl (C=O) groups excluding carboxylic acids is 1. The SMILES string of the molecule is N#Cc1ccsc1NC(=O)COc1ccccc1Cl. The molecule has 0 unspecified atom stereocenters. The molecule has 19 heavy (non-hydrogen) atoms. The summed E-state index contributed by atoms with van der Waals surface area (Å²) in [6.45, 7) is -0.160. The third-order valence-corrected chi connectivity index (χ3v) is 3.38. The highest BCUT2D eigenvalue weighted by Gasteiger charge is 2.09. The Balaban J connectivity index is 1.93. The van der Waals surface area contributed by atoms with Gasteiger partial charge in [-0.25, -0.2) is 0 Å². The molecule has 1 aromatic carbocycles. The number of nitrogens with one attached hydrogen (secondary N) is 1. The monoisotopic (exact) mass is 292 g/mol. The molecule has 0 aliphatic heterocycles. The molecule has 0 bridgehead atoms. The molecule has 1 heterocycles. The lowest BCUT2D eigenvalue weighted by molar-refractivity contribution is -0.118. The highest BCUT2D eigenvalue weighted by Crippen LogP contribution is 2.24. The lowest BCUT2D eigenvalue weighted by Gasteiger charge is -2.07. The molecule has 0 aliphatic carbocycles. The van der Waals surface area contributed by atoms with Gasteiger partial charge in [0.25, 0.3) is 5.91 Å². The number of para-hydroxylation sites is 1. The molecule has 0 fully saturated rings. The molecular formula is C13H9ClN2O2S. The number of nitrogens with zero attached hydrogens (tertiary/aromatic N) is 1. The smallest absolute Gasteiger partial charge is 0.262 e. The number of ether oxygens (including phenoxy) is 1. The number of halogens is 1. The number of amides is 1. The van der Waals surface area contributed by atoms with Crippen LogP contribution in [0, 0.1) is 11.3 Å². The average molecular weight is 293 g/mol. The molecule has 2 rings (SSSR count). The van der Waals surface area contributed by atoms with Crippen molar-refractivity contribution in [3.63, 3.8) is 0 Å². The first-order valence-electron chi connectivity index (χ1n) is 5.35. The van der Waals surface area contributed by atoms with Gasteiger partial charge in [0.15, 0.2) is 6.61 Å². The fourth-order valence-corrected chi connectivity index (χ4v) is 2.31. The minimum absolute atomic E-state index is 0.160. The van der Waals surface area contributed by atoms with E-state index in [1.165, 1.54) is 11.3 Å². The standard InChI is InChI=1S/C13H9ClN2O2S/c14-10-3-1-2-4-11(10)18-8-12(17)16-13-9(7-15)5-6-19-13/h1-6H,8H2,(H,16,17). The molecule has 0 spiro atoms. The van der Waals surface area contributed by atoms with Gasteiger partial charge in [-0.1, -0.05) is 23.7 Å². The first-order chi connectivity index (χ1) is 9.20. The van der Waals surface area contributed by atoms with Crippen molar-refractivity contribution in [2.45, 2.75) is 0 Å². The minimum atomic E-state index is -0.334. The number of anilines is 1. The summed E-state index contributed by atoms with van der Waals surface area (Å²) in [4.78, 5) is 11.7. The molecule has 4 nitrogen and oxygen atoms in total. The van der Waals surface area contributed by atoms with Gasteiger partial charge in [-0.2, -0.15) is 5.26 Å². The summed E-state index contributed by atoms with van der Waals surface area (Å²) in [5.74, 6) is 0.116. The predicted octanol–water partition coefficient (Wildman–Crippen LogP) is 3.29. The highest BCUT2D eigenvalue weighted by atomic mass is 35.5. The van der Waals surface area contributed by atoms with E-state index in [0.29, 0.717) is 21.3 Å². The Labute approximate surface area is 119 Å². The van der Waals surface area contributed by atoms with Crippen molar-refractivity contribution in [3.8, 4) is 11.8 Å². The van der Waals surface area contributed by atoms with E-state index < -0.39 is 0 Å². The third-order valence-electron chi connectivity index (χ3n) is 2.23. The quantitative estimate of drug-likeness (QED) is 0.940. The van der Waals surface area contributed by atoms with Crippen LogP contribution in [0.3, 0.4) is 0 Å². The molecule has 1 aromatic heterocycles. The number of thiophene rings is 1. The van der Waals surface area contributed by atoms with Gasteiger partial charge in [0.1, 0.15) is 16.8 Å². The van der Waals surface area contributed by atoms with E-state index in [1.807, 2.05) is 6.07 Å². The zero-order chi connectivity index (χ0) is 13.7. The van der Waals surface area contributed by atoms with E-state index in [2.05, 4.69) is 5.32 Å². The van der Waals surface area contributed by atoms with Crippen molar-refractivity contribution in [3.05, 3.63) is 46.3 Å². The lowest BCUT2D eigenvalue weighted by Crippen LogP contribution is -2.20. The summed E-state index contributed by atoms with van der Waals surface area (Å²) in [7, 11) is 0. The molecule has 1 N–H and O–H groups in total. The Morgan fingerprint density at radius 1 is 1.42 bits per heavy atom. The molecule has 6 heteroatoms. The van der Waals surface area contributed by atoms with Crippen LogP contribution in [0.2, 0.25) is 5.02 Å². The second kappa shape index (κ2) is 6.23. The molecule has 0 saturated heterocycles. The highest BCUT2D eigenvalue weighted by molar-refractivity contribution is 7.14. The molecular weight excluding hydrogens is 284 g/mol. The van der Waals surface area contributed by atoms with E-state index in [4.69, 9.17) is 21.6 Å². The zero-order valence-electron chi connectivity index (χ0n) is 9.72. The first-order valence-corrected chi connectivity index (χ1v) is 6.61. The van der Waals surface area contributed by atoms with E-state index in [9.17, 15) is 4.79 Å². The van der Waals surface area contributed by atoms with E-state index in [0.717, 1.165) is 0 Å². The van der Waals surface area contributed by atoms with Gasteiger partial charge in [-0.15, -0.1) is 11.3 Å². The van der Waals surface area contributed by atoms with Crippen LogP contribution in [0.25, 0.3) is 0 Å². The van der Waals surface area contributed by atoms with Crippen molar-refractivity contribution in [2.24, 2.45) is 0 Å². The zero-order valence-corrected chi connectivity index (χ0v) is 11.3. The Morgan fingerprint density at radius 3 is 2.95 bits per heavy atom. The second-order valence-corrected chi connectivity index (χ2v) is 4.87. The Kier molecular flexibility index (Phi) is 4.39. The van der Waals surface area contributed by atoms with Gasteiger partial charge in [-0.3, -0.25) is 4.79 Å². The fraction of sp³-hybridized carbons (Fsp3) is 0.0769. The van der Waals surface area contributed by atoms with Gasteiger partial charge in [-0.05, 0) is 23.6 Å². The maximum Gasteiger partial charge on any atom is 0.262 e. The summed E-state index contributed by atoms with van der Waals surface area (Å²) in [6, 6.07) is 10.6. The summed E-state index contributed by atoms with van der Waals surface area (Å²) < 4.78 is 5.30. The number of rotatable bonds is 4. The van der Waals surface area contributed by atoms with E-state index >= 15 is 0 Å². The van der Waals surface area contributed by atoms with Crippen molar-refractivity contribution >= 4 is 33.8 Å². The molecule has 1 amide bonds. The number of benzene rings is 1. The van der Waals surface area contributed by atoms with Gasteiger partial charge in [0.2, 0.25) is 0 Å². The summed E-state index contributed by atoms with van der Waals surface area (Å²) in [5, 5.41) is 14.2. The Bertz CT molecular complexity index is 634. The average Bonchev–Trinajstić information content (AvgIpc) is 2.85. The molecule has 0 aliphatic rings. The van der Waals surface area contributed by atoms with Crippen LogP contribution in [0.4, 0.5) is 5.00 Å². The van der Waals surface area contributed by atoms with Gasteiger partial charge < -0.3 is 10.1 Å².